The molecule has 1 aliphatic heterocycles. The summed E-state index contributed by atoms with van der Waals surface area (Å²) >= 11 is 5.79. The second-order valence-electron chi connectivity index (χ2n) is 7.66. The predicted octanol–water partition coefficient (Wildman–Crippen LogP) is 3.84. The molecule has 0 spiro atoms. The predicted molar refractivity (Wildman–Crippen MR) is 120 cm³/mol. The first kappa shape index (κ1) is 23.9. The number of benzene rings is 1. The van der Waals surface area contributed by atoms with Gasteiger partial charge in [0.15, 0.2) is 0 Å². The van der Waals surface area contributed by atoms with E-state index in [1.807, 2.05) is 0 Å². The highest BCUT2D eigenvalue weighted by Gasteiger charge is 2.22. The molecule has 0 unspecified atom stereocenters. The molecule has 1 aromatic carbocycles. The third kappa shape index (κ3) is 6.64. The van der Waals surface area contributed by atoms with Gasteiger partial charge in [-0.05, 0) is 55.9 Å². The number of aryl methyl sites for hydroxylation is 2. The van der Waals surface area contributed by atoms with E-state index in [9.17, 15) is 19.1 Å². The number of anilines is 1. The Morgan fingerprint density at radius 2 is 2.09 bits per heavy atom. The minimum Gasteiger partial charge on any atom is -0.480 e. The van der Waals surface area contributed by atoms with E-state index in [4.69, 9.17) is 16.3 Å². The number of amides is 1. The van der Waals surface area contributed by atoms with Crippen LogP contribution in [-0.4, -0.2) is 47.8 Å². The van der Waals surface area contributed by atoms with E-state index < -0.39 is 23.7 Å². The number of aromatic nitrogens is 1. The number of carbonyl (C=O) groups excluding carboxylic acids is 1. The average molecular weight is 464 g/mol. The maximum Gasteiger partial charge on any atom is 0.326 e. The number of aliphatic carboxylic acids is 1. The summed E-state index contributed by atoms with van der Waals surface area (Å²) in [7, 11) is 0. The minimum atomic E-state index is -1.19. The van der Waals surface area contributed by atoms with Crippen LogP contribution < -0.4 is 10.6 Å². The van der Waals surface area contributed by atoms with Gasteiger partial charge in [-0.25, -0.2) is 14.2 Å². The van der Waals surface area contributed by atoms with Crippen LogP contribution in [0, 0.1) is 5.82 Å². The lowest BCUT2D eigenvalue weighted by atomic mass is 10.1. The van der Waals surface area contributed by atoms with E-state index in [1.165, 1.54) is 17.7 Å². The Kier molecular flexibility index (Phi) is 8.81. The van der Waals surface area contributed by atoms with Crippen molar-refractivity contribution < 1.29 is 23.8 Å². The zero-order valence-corrected chi connectivity index (χ0v) is 18.5. The highest BCUT2D eigenvalue weighted by molar-refractivity contribution is 6.34. The summed E-state index contributed by atoms with van der Waals surface area (Å²) in [6, 6.07) is 6.85. The van der Waals surface area contributed by atoms with Crippen molar-refractivity contribution in [3.63, 3.8) is 0 Å². The Balaban J connectivity index is 1.35. The summed E-state index contributed by atoms with van der Waals surface area (Å²) in [6.07, 6.45) is 4.86. The van der Waals surface area contributed by atoms with Gasteiger partial charge in [0.2, 0.25) is 0 Å². The van der Waals surface area contributed by atoms with Crippen molar-refractivity contribution in [3.05, 3.63) is 58.0 Å². The number of ether oxygens (including phenoxy) is 1. The van der Waals surface area contributed by atoms with Gasteiger partial charge in [0.05, 0.1) is 10.6 Å². The molecular weight excluding hydrogens is 437 g/mol. The smallest absolute Gasteiger partial charge is 0.326 e. The second kappa shape index (κ2) is 11.8. The Morgan fingerprint density at radius 3 is 2.91 bits per heavy atom. The number of fused-ring (bicyclic) bond motifs is 1. The topological polar surface area (TPSA) is 101 Å². The van der Waals surface area contributed by atoms with Gasteiger partial charge in [0.1, 0.15) is 17.7 Å². The number of carboxylic acid groups (broad SMARTS) is 1. The van der Waals surface area contributed by atoms with Crippen LogP contribution in [0.15, 0.2) is 30.3 Å². The van der Waals surface area contributed by atoms with Crippen LogP contribution in [0.1, 0.15) is 47.3 Å². The minimum absolute atomic E-state index is 0.0893. The van der Waals surface area contributed by atoms with Crippen LogP contribution in [0.2, 0.25) is 5.02 Å². The summed E-state index contributed by atoms with van der Waals surface area (Å²) in [5.41, 5.74) is 2.20. The number of pyridine rings is 1. The fraction of sp³-hybridized carbons (Fsp3) is 0.435. The number of halogens is 2. The van der Waals surface area contributed by atoms with Gasteiger partial charge in [-0.2, -0.15) is 0 Å². The van der Waals surface area contributed by atoms with Crippen LogP contribution in [-0.2, 0) is 22.4 Å². The SMILES string of the molecule is O=C(N[C@H](CCOCCCCc1ccc2c(n1)NCCC2)C(=O)O)c1cccc(F)c1Cl. The van der Waals surface area contributed by atoms with E-state index >= 15 is 0 Å². The van der Waals surface area contributed by atoms with E-state index in [1.54, 1.807) is 0 Å². The molecule has 1 atom stereocenters. The van der Waals surface area contributed by atoms with Crippen LogP contribution in [0.4, 0.5) is 10.2 Å². The Bertz CT molecular complexity index is 957. The van der Waals surface area contributed by atoms with E-state index in [-0.39, 0.29) is 23.6 Å². The summed E-state index contributed by atoms with van der Waals surface area (Å²) in [6.45, 7) is 1.62. The zero-order valence-electron chi connectivity index (χ0n) is 17.7. The summed E-state index contributed by atoms with van der Waals surface area (Å²) in [4.78, 5) is 28.4. The molecule has 1 aliphatic rings. The number of hydrogen-bond donors (Lipinski definition) is 3. The monoisotopic (exact) mass is 463 g/mol. The van der Waals surface area contributed by atoms with Gasteiger partial charge in [-0.15, -0.1) is 0 Å². The Morgan fingerprint density at radius 1 is 1.25 bits per heavy atom. The molecular formula is C23H27ClFN3O4. The lowest BCUT2D eigenvalue weighted by Crippen LogP contribution is -2.41. The molecule has 1 amide bonds. The number of unbranched alkanes of at least 4 members (excludes halogenated alkanes) is 1. The Labute approximate surface area is 191 Å². The average Bonchev–Trinajstić information content (AvgIpc) is 2.79. The number of carbonyl (C=O) groups is 2. The van der Waals surface area contributed by atoms with Crippen molar-refractivity contribution >= 4 is 29.3 Å². The molecule has 2 aromatic rings. The lowest BCUT2D eigenvalue weighted by molar-refractivity contribution is -0.139. The number of carboxylic acids is 1. The zero-order chi connectivity index (χ0) is 22.9. The molecule has 1 aromatic heterocycles. The molecule has 9 heteroatoms. The molecule has 7 nitrogen and oxygen atoms in total. The van der Waals surface area contributed by atoms with Gasteiger partial charge in [0, 0.05) is 31.9 Å². The quantitative estimate of drug-likeness (QED) is 0.438. The van der Waals surface area contributed by atoms with Crippen LogP contribution in [0.3, 0.4) is 0 Å². The highest BCUT2D eigenvalue weighted by atomic mass is 35.5. The largest absolute Gasteiger partial charge is 0.480 e. The van der Waals surface area contributed by atoms with Crippen molar-refractivity contribution in [2.45, 2.75) is 44.6 Å². The van der Waals surface area contributed by atoms with Gasteiger partial charge in [-0.1, -0.05) is 23.7 Å². The Hall–Kier alpha value is -2.71. The number of hydrogen-bond acceptors (Lipinski definition) is 5. The highest BCUT2D eigenvalue weighted by Crippen LogP contribution is 2.21. The number of nitrogens with zero attached hydrogens (tertiary/aromatic N) is 1. The van der Waals surface area contributed by atoms with E-state index in [0.29, 0.717) is 6.61 Å². The maximum absolute atomic E-state index is 13.5. The molecule has 0 radical (unpaired) electrons. The van der Waals surface area contributed by atoms with Gasteiger partial charge in [0.25, 0.3) is 5.91 Å². The van der Waals surface area contributed by atoms with Crippen LogP contribution >= 0.6 is 11.6 Å². The lowest BCUT2D eigenvalue weighted by Gasteiger charge is -2.17. The van der Waals surface area contributed by atoms with Gasteiger partial charge < -0.3 is 20.5 Å². The van der Waals surface area contributed by atoms with Crippen LogP contribution in [0.5, 0.6) is 0 Å². The molecule has 32 heavy (non-hydrogen) atoms. The van der Waals surface area contributed by atoms with Crippen molar-refractivity contribution in [1.82, 2.24) is 10.3 Å². The molecule has 0 aliphatic carbocycles. The second-order valence-corrected chi connectivity index (χ2v) is 8.04. The van der Waals surface area contributed by atoms with Crippen molar-refractivity contribution in [3.8, 4) is 0 Å². The van der Waals surface area contributed by atoms with Gasteiger partial charge >= 0.3 is 5.97 Å². The summed E-state index contributed by atoms with van der Waals surface area (Å²) in [5.74, 6) is -1.68. The first-order valence-corrected chi connectivity index (χ1v) is 11.1. The molecule has 3 N–H and O–H groups in total. The third-order valence-electron chi connectivity index (χ3n) is 5.27. The summed E-state index contributed by atoms with van der Waals surface area (Å²) in [5, 5.41) is 14.7. The first-order valence-electron chi connectivity index (χ1n) is 10.7. The molecule has 0 saturated heterocycles. The fourth-order valence-electron chi connectivity index (χ4n) is 3.49. The van der Waals surface area contributed by atoms with Gasteiger partial charge in [-0.3, -0.25) is 4.79 Å². The van der Waals surface area contributed by atoms with Crippen molar-refractivity contribution in [2.24, 2.45) is 0 Å². The van der Waals surface area contributed by atoms with Crippen molar-refractivity contribution in [1.29, 1.82) is 0 Å². The van der Waals surface area contributed by atoms with Crippen LogP contribution in [0.25, 0.3) is 0 Å². The molecule has 0 saturated carbocycles. The standard InChI is InChI=1S/C23H27ClFN3O4/c24-20-17(7-3-8-18(20)25)22(29)28-19(23(30)31)11-14-32-13-2-1-6-16-10-9-15-5-4-12-26-21(15)27-16/h3,7-10,19H,1-2,4-6,11-14H2,(H,26,27)(H,28,29)(H,30,31)/t19-/m1/s1. The number of nitrogens with one attached hydrogen (secondary N) is 2. The molecule has 0 fully saturated rings. The molecule has 2 heterocycles. The maximum atomic E-state index is 13.5. The van der Waals surface area contributed by atoms with E-state index in [0.717, 1.165) is 56.2 Å². The summed E-state index contributed by atoms with van der Waals surface area (Å²) < 4.78 is 19.1. The van der Waals surface area contributed by atoms with Crippen molar-refractivity contribution in [2.75, 3.05) is 25.1 Å². The normalized spacial score (nSPS) is 13.7. The first-order chi connectivity index (χ1) is 15.5. The molecule has 172 valence electrons. The number of rotatable bonds is 11. The molecule has 0 bridgehead atoms. The fourth-order valence-corrected chi connectivity index (χ4v) is 3.71. The van der Waals surface area contributed by atoms with E-state index in [2.05, 4.69) is 27.8 Å². The third-order valence-corrected chi connectivity index (χ3v) is 5.66. The molecule has 3 rings (SSSR count).